The molecule has 2 heterocycles. The number of piperazine rings is 1. The van der Waals surface area contributed by atoms with Gasteiger partial charge in [0, 0.05) is 38.4 Å². The average molecular weight is 424 g/mol. The average Bonchev–Trinajstić information content (AvgIpc) is 3.08. The van der Waals surface area contributed by atoms with E-state index in [0.29, 0.717) is 29.1 Å². The summed E-state index contributed by atoms with van der Waals surface area (Å²) in [6.07, 6.45) is 4.34. The zero-order valence-corrected chi connectivity index (χ0v) is 19.0. The lowest BCUT2D eigenvalue weighted by Crippen LogP contribution is -2.51. The fraction of sp³-hybridized carbons (Fsp3) is 0.440. The van der Waals surface area contributed by atoms with Crippen LogP contribution in [0.1, 0.15) is 51.5 Å². The Morgan fingerprint density at radius 2 is 1.81 bits per heavy atom. The van der Waals surface area contributed by atoms with E-state index in [1.54, 1.807) is 6.92 Å². The van der Waals surface area contributed by atoms with E-state index in [9.17, 15) is 9.59 Å². The fourth-order valence-electron chi connectivity index (χ4n) is 4.12. The Bertz CT molecular complexity index is 925. The van der Waals surface area contributed by atoms with Crippen LogP contribution in [0.5, 0.6) is 0 Å². The summed E-state index contributed by atoms with van der Waals surface area (Å²) in [5, 5.41) is 0. The predicted molar refractivity (Wildman–Crippen MR) is 124 cm³/mol. The summed E-state index contributed by atoms with van der Waals surface area (Å²) in [6.45, 7) is 12.1. The molecule has 3 rings (SSSR count). The number of nitrogens with one attached hydrogen (secondary N) is 1. The van der Waals surface area contributed by atoms with Gasteiger partial charge in [-0.1, -0.05) is 42.5 Å². The van der Waals surface area contributed by atoms with Crippen molar-refractivity contribution in [2.45, 2.75) is 33.7 Å². The molecule has 0 amide bonds. The first-order chi connectivity index (χ1) is 14.9. The third-order valence-corrected chi connectivity index (χ3v) is 5.97. The molecule has 166 valence electrons. The number of hydrogen-bond acceptors (Lipinski definition) is 5. The van der Waals surface area contributed by atoms with Crippen LogP contribution in [0.25, 0.3) is 6.08 Å². The van der Waals surface area contributed by atoms with Crippen molar-refractivity contribution in [1.29, 1.82) is 0 Å². The van der Waals surface area contributed by atoms with Crippen molar-refractivity contribution in [3.63, 3.8) is 0 Å². The third kappa shape index (κ3) is 5.51. The van der Waals surface area contributed by atoms with Crippen LogP contribution in [0.15, 0.2) is 36.4 Å². The van der Waals surface area contributed by atoms with E-state index in [1.165, 1.54) is 5.56 Å². The third-order valence-electron chi connectivity index (χ3n) is 5.97. The number of hydrogen-bond donors (Lipinski definition) is 1. The highest BCUT2D eigenvalue weighted by Crippen LogP contribution is 2.22. The Morgan fingerprint density at radius 3 is 2.45 bits per heavy atom. The van der Waals surface area contributed by atoms with Crippen LogP contribution in [0.3, 0.4) is 0 Å². The van der Waals surface area contributed by atoms with Crippen molar-refractivity contribution >= 4 is 17.8 Å². The molecule has 1 N–H and O–H groups in total. The van der Waals surface area contributed by atoms with Crippen LogP contribution >= 0.6 is 0 Å². The highest BCUT2D eigenvalue weighted by atomic mass is 16.5. The van der Waals surface area contributed by atoms with E-state index in [-0.39, 0.29) is 17.8 Å². The summed E-state index contributed by atoms with van der Waals surface area (Å²) in [6, 6.07) is 10.1. The van der Waals surface area contributed by atoms with Crippen LogP contribution in [0, 0.1) is 13.8 Å². The monoisotopic (exact) mass is 423 g/mol. The number of ketones is 1. The van der Waals surface area contributed by atoms with Gasteiger partial charge in [-0.25, -0.2) is 4.79 Å². The van der Waals surface area contributed by atoms with Gasteiger partial charge >= 0.3 is 5.97 Å². The summed E-state index contributed by atoms with van der Waals surface area (Å²) in [5.74, 6) is -0.355. The molecule has 1 fully saturated rings. The molecule has 1 unspecified atom stereocenters. The van der Waals surface area contributed by atoms with Gasteiger partial charge in [-0.05, 0) is 38.8 Å². The SMILES string of the molecule is CCOC(=O)c1c(C)[nH]c(C(=O)C(C)N2CCN(CC=Cc3ccccc3)CC2)c1C. The van der Waals surface area contributed by atoms with Gasteiger partial charge < -0.3 is 9.72 Å². The van der Waals surface area contributed by atoms with Crippen molar-refractivity contribution in [2.75, 3.05) is 39.3 Å². The normalized spacial score (nSPS) is 16.5. The Morgan fingerprint density at radius 1 is 1.13 bits per heavy atom. The first-order valence-electron chi connectivity index (χ1n) is 11.0. The number of aryl methyl sites for hydroxylation is 1. The molecular formula is C25H33N3O3. The molecule has 0 bridgehead atoms. The number of nitrogens with zero attached hydrogens (tertiary/aromatic N) is 2. The Kier molecular flexibility index (Phi) is 7.82. The molecule has 0 saturated carbocycles. The van der Waals surface area contributed by atoms with Gasteiger partial charge in [-0.2, -0.15) is 0 Å². The van der Waals surface area contributed by atoms with Crippen molar-refractivity contribution in [1.82, 2.24) is 14.8 Å². The highest BCUT2D eigenvalue weighted by molar-refractivity contribution is 6.03. The van der Waals surface area contributed by atoms with Crippen molar-refractivity contribution in [3.05, 3.63) is 64.5 Å². The van der Waals surface area contributed by atoms with Crippen LogP contribution in [0.2, 0.25) is 0 Å². The minimum atomic E-state index is -0.377. The number of carbonyl (C=O) groups excluding carboxylic acids is 2. The quantitative estimate of drug-likeness (QED) is 0.518. The number of Topliss-reactive ketones (excluding diaryl/α,β-unsaturated/α-hetero) is 1. The van der Waals surface area contributed by atoms with E-state index < -0.39 is 0 Å². The Balaban J connectivity index is 1.56. The van der Waals surface area contributed by atoms with Gasteiger partial charge in [0.2, 0.25) is 0 Å². The van der Waals surface area contributed by atoms with Crippen LogP contribution in [-0.2, 0) is 4.74 Å². The molecule has 1 aromatic heterocycles. The molecule has 0 spiro atoms. The molecule has 1 aliphatic rings. The van der Waals surface area contributed by atoms with Gasteiger partial charge in [0.25, 0.3) is 0 Å². The van der Waals surface area contributed by atoms with Gasteiger partial charge in [-0.3, -0.25) is 14.6 Å². The fourth-order valence-corrected chi connectivity index (χ4v) is 4.12. The molecule has 1 aliphatic heterocycles. The first kappa shape index (κ1) is 23.0. The maximum Gasteiger partial charge on any atom is 0.340 e. The van der Waals surface area contributed by atoms with Crippen molar-refractivity contribution < 1.29 is 14.3 Å². The molecular weight excluding hydrogens is 390 g/mol. The smallest absolute Gasteiger partial charge is 0.340 e. The summed E-state index contributed by atoms with van der Waals surface area (Å²) in [5.41, 5.74) is 3.56. The van der Waals surface area contributed by atoms with E-state index in [0.717, 1.165) is 32.7 Å². The number of aromatic nitrogens is 1. The number of benzene rings is 1. The summed E-state index contributed by atoms with van der Waals surface area (Å²) < 4.78 is 5.14. The predicted octanol–water partition coefficient (Wildman–Crippen LogP) is 3.71. The Labute approximate surface area is 184 Å². The largest absolute Gasteiger partial charge is 0.462 e. The standard InChI is InChI=1S/C25H33N3O3/c1-5-31-25(30)22-18(2)23(26-19(22)3)24(29)20(4)28-16-14-27(15-17-28)13-9-12-21-10-7-6-8-11-21/h6-12,20,26H,5,13-17H2,1-4H3. The molecule has 6 heteroatoms. The van der Waals surface area contributed by atoms with E-state index in [1.807, 2.05) is 39.0 Å². The summed E-state index contributed by atoms with van der Waals surface area (Å²) in [4.78, 5) is 33.2. The second-order valence-electron chi connectivity index (χ2n) is 8.04. The molecule has 6 nitrogen and oxygen atoms in total. The lowest BCUT2D eigenvalue weighted by Gasteiger charge is -2.37. The zero-order valence-electron chi connectivity index (χ0n) is 19.0. The first-order valence-corrected chi connectivity index (χ1v) is 11.0. The lowest BCUT2D eigenvalue weighted by atomic mass is 10.0. The molecule has 0 radical (unpaired) electrons. The molecule has 1 atom stereocenters. The number of carbonyl (C=O) groups is 2. The molecule has 0 aliphatic carbocycles. The number of H-pyrrole nitrogens is 1. The van der Waals surface area contributed by atoms with Crippen molar-refractivity contribution in [2.24, 2.45) is 0 Å². The molecule has 1 saturated heterocycles. The Hall–Kier alpha value is -2.70. The highest BCUT2D eigenvalue weighted by Gasteiger charge is 2.30. The summed E-state index contributed by atoms with van der Waals surface area (Å²) >= 11 is 0. The minimum absolute atomic E-state index is 0.0218. The number of rotatable bonds is 8. The molecule has 1 aromatic carbocycles. The van der Waals surface area contributed by atoms with Gasteiger partial charge in [0.15, 0.2) is 5.78 Å². The van der Waals surface area contributed by atoms with Crippen LogP contribution in [0.4, 0.5) is 0 Å². The van der Waals surface area contributed by atoms with Crippen LogP contribution in [-0.4, -0.2) is 71.9 Å². The zero-order chi connectivity index (χ0) is 22.4. The van der Waals surface area contributed by atoms with Crippen molar-refractivity contribution in [3.8, 4) is 0 Å². The van der Waals surface area contributed by atoms with E-state index in [4.69, 9.17) is 4.74 Å². The van der Waals surface area contributed by atoms with E-state index >= 15 is 0 Å². The van der Waals surface area contributed by atoms with Gasteiger partial charge in [-0.15, -0.1) is 0 Å². The summed E-state index contributed by atoms with van der Waals surface area (Å²) in [7, 11) is 0. The van der Waals surface area contributed by atoms with Crippen LogP contribution < -0.4 is 0 Å². The number of aromatic amines is 1. The maximum atomic E-state index is 13.2. The van der Waals surface area contributed by atoms with E-state index in [2.05, 4.69) is 39.1 Å². The topological polar surface area (TPSA) is 65.6 Å². The second kappa shape index (κ2) is 10.6. The molecule has 2 aromatic rings. The lowest BCUT2D eigenvalue weighted by molar-refractivity contribution is 0.0525. The molecule has 31 heavy (non-hydrogen) atoms. The number of esters is 1. The minimum Gasteiger partial charge on any atom is -0.462 e. The van der Waals surface area contributed by atoms with Gasteiger partial charge in [0.1, 0.15) is 0 Å². The van der Waals surface area contributed by atoms with Gasteiger partial charge in [0.05, 0.1) is 23.9 Å². The maximum absolute atomic E-state index is 13.2. The second-order valence-corrected chi connectivity index (χ2v) is 8.04. The number of ether oxygens (including phenoxy) is 1.